The lowest BCUT2D eigenvalue weighted by molar-refractivity contribution is 0.277. The Morgan fingerprint density at radius 3 is 2.70 bits per heavy atom. The molecular weight excluding hydrogens is 410 g/mol. The van der Waals surface area contributed by atoms with Gasteiger partial charge in [-0.2, -0.15) is 0 Å². The molecule has 1 fully saturated rings. The Kier molecular flexibility index (Phi) is 6.40. The lowest BCUT2D eigenvalue weighted by Gasteiger charge is -2.12. The highest BCUT2D eigenvalue weighted by atomic mass is 35.5. The number of hydrogen-bond donors (Lipinski definition) is 2. The van der Waals surface area contributed by atoms with Crippen LogP contribution in [0.25, 0.3) is 11.4 Å². The number of benzene rings is 2. The van der Waals surface area contributed by atoms with E-state index in [9.17, 15) is 8.78 Å². The fourth-order valence-corrected chi connectivity index (χ4v) is 3.43. The summed E-state index contributed by atoms with van der Waals surface area (Å²) in [4.78, 5) is 8.31. The predicted molar refractivity (Wildman–Crippen MR) is 113 cm³/mol. The van der Waals surface area contributed by atoms with Crippen LogP contribution in [0.5, 0.6) is 5.75 Å². The third kappa shape index (κ3) is 5.04. The molecule has 0 spiro atoms. The topological polar surface area (TPSA) is 59.1 Å². The van der Waals surface area contributed by atoms with E-state index < -0.39 is 11.6 Å². The smallest absolute Gasteiger partial charge is 0.183 e. The van der Waals surface area contributed by atoms with Gasteiger partial charge in [0.15, 0.2) is 17.5 Å². The summed E-state index contributed by atoms with van der Waals surface area (Å²) in [6.45, 7) is 1.73. The zero-order valence-electron chi connectivity index (χ0n) is 16.2. The molecule has 0 saturated carbocycles. The Balaban J connectivity index is 1.42. The van der Waals surface area contributed by atoms with E-state index >= 15 is 0 Å². The lowest BCUT2D eigenvalue weighted by atomic mass is 10.2. The van der Waals surface area contributed by atoms with E-state index in [1.165, 1.54) is 12.5 Å². The van der Waals surface area contributed by atoms with Gasteiger partial charge in [-0.15, -0.1) is 0 Å². The van der Waals surface area contributed by atoms with E-state index in [-0.39, 0.29) is 12.4 Å². The number of rotatable bonds is 7. The number of nitrogens with zero attached hydrogens (tertiary/aromatic N) is 2. The van der Waals surface area contributed by atoms with Crippen LogP contribution < -0.4 is 15.4 Å². The largest absolute Gasteiger partial charge is 0.492 e. The zero-order chi connectivity index (χ0) is 20.9. The summed E-state index contributed by atoms with van der Waals surface area (Å²) in [5.41, 5.74) is 1.08. The van der Waals surface area contributed by atoms with Crippen LogP contribution in [0, 0.1) is 11.6 Å². The summed E-state index contributed by atoms with van der Waals surface area (Å²) in [5.74, 6) is 0.0396. The van der Waals surface area contributed by atoms with Crippen molar-refractivity contribution in [3.63, 3.8) is 0 Å². The van der Waals surface area contributed by atoms with Crippen LogP contribution in [0.15, 0.2) is 48.7 Å². The summed E-state index contributed by atoms with van der Waals surface area (Å²) < 4.78 is 33.9. The molecule has 0 unspecified atom stereocenters. The number of halogens is 3. The van der Waals surface area contributed by atoms with Gasteiger partial charge in [0.1, 0.15) is 18.2 Å². The van der Waals surface area contributed by atoms with Gasteiger partial charge >= 0.3 is 0 Å². The van der Waals surface area contributed by atoms with Crippen molar-refractivity contribution >= 4 is 17.4 Å². The standard InChI is InChI=1S/C22H21ClF2N4O/c23-16-6-3-15(19(24)10-16)11-27-22-20(25)12-28-21(29-22)14-4-7-18(8-5-14)30-13-17-2-1-9-26-17/h3-8,10,12,17,26H,1-2,9,11,13H2,(H,27,28,29)/t17-/m0/s1. The molecule has 1 aliphatic heterocycles. The van der Waals surface area contributed by atoms with Crippen LogP contribution in [0.2, 0.25) is 5.02 Å². The second-order valence-electron chi connectivity index (χ2n) is 7.11. The molecule has 1 atom stereocenters. The molecule has 3 aromatic rings. The molecule has 1 saturated heterocycles. The Labute approximate surface area is 178 Å². The average Bonchev–Trinajstić information content (AvgIpc) is 3.27. The van der Waals surface area contributed by atoms with E-state index in [4.69, 9.17) is 16.3 Å². The van der Waals surface area contributed by atoms with Crippen molar-refractivity contribution in [2.45, 2.75) is 25.4 Å². The van der Waals surface area contributed by atoms with Crippen molar-refractivity contribution in [3.05, 3.63) is 70.9 Å². The Morgan fingerprint density at radius 1 is 1.13 bits per heavy atom. The predicted octanol–water partition coefficient (Wildman–Crippen LogP) is 4.82. The number of nitrogens with one attached hydrogen (secondary N) is 2. The monoisotopic (exact) mass is 430 g/mol. The highest BCUT2D eigenvalue weighted by Crippen LogP contribution is 2.23. The summed E-state index contributed by atoms with van der Waals surface area (Å²) in [6.07, 6.45) is 3.39. The van der Waals surface area contributed by atoms with Crippen LogP contribution in [0.1, 0.15) is 18.4 Å². The van der Waals surface area contributed by atoms with Gasteiger partial charge in [-0.05, 0) is 55.8 Å². The van der Waals surface area contributed by atoms with E-state index in [1.807, 2.05) is 24.3 Å². The first-order valence-electron chi connectivity index (χ1n) is 9.75. The van der Waals surface area contributed by atoms with Crippen LogP contribution >= 0.6 is 11.6 Å². The highest BCUT2D eigenvalue weighted by molar-refractivity contribution is 6.30. The third-order valence-electron chi connectivity index (χ3n) is 4.93. The van der Waals surface area contributed by atoms with Crippen LogP contribution in [-0.2, 0) is 6.54 Å². The molecule has 2 aromatic carbocycles. The van der Waals surface area contributed by atoms with E-state index in [0.717, 1.165) is 30.5 Å². The van der Waals surface area contributed by atoms with Gasteiger partial charge < -0.3 is 15.4 Å². The zero-order valence-corrected chi connectivity index (χ0v) is 16.9. The van der Waals surface area contributed by atoms with Crippen molar-refractivity contribution in [2.24, 2.45) is 0 Å². The Morgan fingerprint density at radius 2 is 1.97 bits per heavy atom. The second kappa shape index (κ2) is 9.36. The maximum absolute atomic E-state index is 14.1. The quantitative estimate of drug-likeness (QED) is 0.563. The number of aromatic nitrogens is 2. The van der Waals surface area contributed by atoms with Crippen molar-refractivity contribution in [2.75, 3.05) is 18.5 Å². The van der Waals surface area contributed by atoms with Gasteiger partial charge in [-0.1, -0.05) is 17.7 Å². The van der Waals surface area contributed by atoms with E-state index in [0.29, 0.717) is 29.1 Å². The molecule has 5 nitrogen and oxygen atoms in total. The minimum atomic E-state index is -0.614. The molecule has 0 aliphatic carbocycles. The molecule has 1 aliphatic rings. The highest BCUT2D eigenvalue weighted by Gasteiger charge is 2.15. The van der Waals surface area contributed by atoms with Crippen LogP contribution in [-0.4, -0.2) is 29.2 Å². The summed E-state index contributed by atoms with van der Waals surface area (Å²) in [5, 5.41) is 6.51. The molecule has 8 heteroatoms. The molecule has 2 N–H and O–H groups in total. The van der Waals surface area contributed by atoms with Gasteiger partial charge in [0.05, 0.1) is 6.20 Å². The van der Waals surface area contributed by atoms with Crippen molar-refractivity contribution in [1.82, 2.24) is 15.3 Å². The van der Waals surface area contributed by atoms with Crippen molar-refractivity contribution in [1.29, 1.82) is 0 Å². The minimum Gasteiger partial charge on any atom is -0.492 e. The van der Waals surface area contributed by atoms with E-state index in [1.54, 1.807) is 12.1 Å². The van der Waals surface area contributed by atoms with Gasteiger partial charge in [0.25, 0.3) is 0 Å². The fraction of sp³-hybridized carbons (Fsp3) is 0.273. The molecule has 2 heterocycles. The van der Waals surface area contributed by atoms with Crippen LogP contribution in [0.4, 0.5) is 14.6 Å². The van der Waals surface area contributed by atoms with Crippen molar-refractivity contribution in [3.8, 4) is 17.1 Å². The van der Waals surface area contributed by atoms with Gasteiger partial charge in [0.2, 0.25) is 0 Å². The summed E-state index contributed by atoms with van der Waals surface area (Å²) >= 11 is 5.76. The first-order chi connectivity index (χ1) is 14.6. The minimum absolute atomic E-state index is 0.00184. The molecule has 0 radical (unpaired) electrons. The SMILES string of the molecule is Fc1cc(Cl)ccc1CNc1nc(-c2ccc(OC[C@@H]3CCCN3)cc2)ncc1F. The van der Waals surface area contributed by atoms with Gasteiger partial charge in [-0.3, -0.25) is 0 Å². The Bertz CT molecular complexity index is 1010. The second-order valence-corrected chi connectivity index (χ2v) is 7.54. The molecule has 156 valence electrons. The van der Waals surface area contributed by atoms with Crippen molar-refractivity contribution < 1.29 is 13.5 Å². The van der Waals surface area contributed by atoms with E-state index in [2.05, 4.69) is 20.6 Å². The van der Waals surface area contributed by atoms with Gasteiger partial charge in [-0.25, -0.2) is 18.7 Å². The number of anilines is 1. The molecule has 0 bridgehead atoms. The normalized spacial score (nSPS) is 15.9. The summed E-state index contributed by atoms with van der Waals surface area (Å²) in [6, 6.07) is 12.1. The third-order valence-corrected chi connectivity index (χ3v) is 5.17. The molecule has 0 amide bonds. The lowest BCUT2D eigenvalue weighted by Crippen LogP contribution is -2.28. The van der Waals surface area contributed by atoms with Crippen LogP contribution in [0.3, 0.4) is 0 Å². The maximum Gasteiger partial charge on any atom is 0.183 e. The number of hydrogen-bond acceptors (Lipinski definition) is 5. The summed E-state index contributed by atoms with van der Waals surface area (Å²) in [7, 11) is 0. The maximum atomic E-state index is 14.1. The number of ether oxygens (including phenoxy) is 1. The molecule has 30 heavy (non-hydrogen) atoms. The fourth-order valence-electron chi connectivity index (χ4n) is 3.27. The average molecular weight is 431 g/mol. The first kappa shape index (κ1) is 20.5. The molecular formula is C22H21ClF2N4O. The molecule has 4 rings (SSSR count). The first-order valence-corrected chi connectivity index (χ1v) is 10.1. The van der Waals surface area contributed by atoms with Gasteiger partial charge in [0, 0.05) is 28.7 Å². The Hall–Kier alpha value is -2.77. The molecule has 1 aromatic heterocycles.